The third kappa shape index (κ3) is 6.03. The Morgan fingerprint density at radius 3 is 2.60 bits per heavy atom. The second-order valence-corrected chi connectivity index (χ2v) is 6.44. The van der Waals surface area contributed by atoms with Crippen LogP contribution in [0.2, 0.25) is 5.02 Å². The van der Waals surface area contributed by atoms with E-state index in [9.17, 15) is 4.79 Å². The highest BCUT2D eigenvalue weighted by molar-refractivity contribution is 7.80. The maximum atomic E-state index is 12.3. The molecule has 2 aromatic rings. The summed E-state index contributed by atoms with van der Waals surface area (Å²) in [4.78, 5) is 12.3. The average molecular weight is 377 g/mol. The molecular formula is C19H21ClN2O2S. The van der Waals surface area contributed by atoms with Crippen molar-refractivity contribution < 1.29 is 9.53 Å². The fourth-order valence-electron chi connectivity index (χ4n) is 2.09. The molecule has 0 unspecified atom stereocenters. The van der Waals surface area contributed by atoms with Gasteiger partial charge in [-0.15, -0.1) is 0 Å². The van der Waals surface area contributed by atoms with Crippen LogP contribution in [0.5, 0.6) is 5.75 Å². The van der Waals surface area contributed by atoms with Gasteiger partial charge in [0.25, 0.3) is 5.91 Å². The van der Waals surface area contributed by atoms with E-state index in [-0.39, 0.29) is 11.0 Å². The van der Waals surface area contributed by atoms with Crippen LogP contribution in [0.1, 0.15) is 35.7 Å². The maximum absolute atomic E-state index is 12.3. The van der Waals surface area contributed by atoms with Crippen LogP contribution < -0.4 is 15.4 Å². The van der Waals surface area contributed by atoms with Gasteiger partial charge in [0.1, 0.15) is 5.75 Å². The number of hydrogen-bond acceptors (Lipinski definition) is 3. The molecule has 25 heavy (non-hydrogen) atoms. The molecule has 0 saturated heterocycles. The molecule has 0 aromatic heterocycles. The first-order chi connectivity index (χ1) is 12.0. The third-order valence-corrected chi connectivity index (χ3v) is 4.00. The summed E-state index contributed by atoms with van der Waals surface area (Å²) in [5.41, 5.74) is 2.25. The lowest BCUT2D eigenvalue weighted by atomic mass is 10.2. The minimum Gasteiger partial charge on any atom is -0.494 e. The first kappa shape index (κ1) is 19.2. The zero-order chi connectivity index (χ0) is 18.2. The molecule has 132 valence electrons. The maximum Gasteiger partial charge on any atom is 0.257 e. The van der Waals surface area contributed by atoms with Crippen LogP contribution in [0.15, 0.2) is 42.5 Å². The van der Waals surface area contributed by atoms with Gasteiger partial charge in [0.15, 0.2) is 5.11 Å². The molecule has 0 spiro atoms. The van der Waals surface area contributed by atoms with E-state index >= 15 is 0 Å². The molecule has 0 saturated carbocycles. The molecule has 1 amide bonds. The molecule has 0 bridgehead atoms. The number of amides is 1. The van der Waals surface area contributed by atoms with Gasteiger partial charge in [0.05, 0.1) is 6.61 Å². The number of unbranched alkanes of at least 4 members (excludes halogenated alkanes) is 1. The largest absolute Gasteiger partial charge is 0.494 e. The Hall–Kier alpha value is -2.11. The van der Waals surface area contributed by atoms with Crippen molar-refractivity contribution in [1.29, 1.82) is 0 Å². The van der Waals surface area contributed by atoms with Crippen molar-refractivity contribution in [2.45, 2.75) is 26.7 Å². The summed E-state index contributed by atoms with van der Waals surface area (Å²) in [6, 6.07) is 12.4. The lowest BCUT2D eigenvalue weighted by molar-refractivity contribution is 0.0977. The summed E-state index contributed by atoms with van der Waals surface area (Å²) in [6.07, 6.45) is 2.09. The summed E-state index contributed by atoms with van der Waals surface area (Å²) < 4.78 is 5.58. The van der Waals surface area contributed by atoms with Gasteiger partial charge in [-0.2, -0.15) is 0 Å². The van der Waals surface area contributed by atoms with Crippen LogP contribution in [-0.2, 0) is 0 Å². The number of halogens is 1. The van der Waals surface area contributed by atoms with Gasteiger partial charge in [-0.05, 0) is 67.5 Å². The lowest BCUT2D eigenvalue weighted by Gasteiger charge is -2.12. The molecule has 0 heterocycles. The van der Waals surface area contributed by atoms with Crippen molar-refractivity contribution in [2.75, 3.05) is 11.9 Å². The highest BCUT2D eigenvalue weighted by Crippen LogP contribution is 2.20. The highest BCUT2D eigenvalue weighted by Gasteiger charge is 2.09. The fraction of sp³-hybridized carbons (Fsp3) is 0.263. The second kappa shape index (κ2) is 9.39. The van der Waals surface area contributed by atoms with Crippen molar-refractivity contribution in [3.63, 3.8) is 0 Å². The zero-order valence-electron chi connectivity index (χ0n) is 14.3. The molecule has 2 N–H and O–H groups in total. The third-order valence-electron chi connectivity index (χ3n) is 3.56. The summed E-state index contributed by atoms with van der Waals surface area (Å²) in [5.74, 6) is 0.470. The van der Waals surface area contributed by atoms with E-state index in [4.69, 9.17) is 28.6 Å². The summed E-state index contributed by atoms with van der Waals surface area (Å²) in [6.45, 7) is 4.72. The average Bonchev–Trinajstić information content (AvgIpc) is 2.59. The Balaban J connectivity index is 1.92. The van der Waals surface area contributed by atoms with E-state index in [0.29, 0.717) is 17.2 Å². The van der Waals surface area contributed by atoms with Crippen LogP contribution in [0.3, 0.4) is 0 Å². The quantitative estimate of drug-likeness (QED) is 0.553. The van der Waals surface area contributed by atoms with E-state index in [1.165, 1.54) is 0 Å². The Morgan fingerprint density at radius 1 is 1.20 bits per heavy atom. The number of aryl methyl sites for hydroxylation is 1. The summed E-state index contributed by atoms with van der Waals surface area (Å²) in [7, 11) is 0. The number of hydrogen-bond donors (Lipinski definition) is 2. The number of carbonyl (C=O) groups is 1. The van der Waals surface area contributed by atoms with E-state index in [1.807, 2.05) is 13.0 Å². The number of ether oxygens (including phenoxy) is 1. The van der Waals surface area contributed by atoms with Crippen LogP contribution in [0.4, 0.5) is 5.69 Å². The van der Waals surface area contributed by atoms with Gasteiger partial charge in [-0.3, -0.25) is 10.1 Å². The first-order valence-corrected chi connectivity index (χ1v) is 8.89. The minimum absolute atomic E-state index is 0.221. The van der Waals surface area contributed by atoms with Gasteiger partial charge in [-0.25, -0.2) is 0 Å². The van der Waals surface area contributed by atoms with E-state index in [1.54, 1.807) is 36.4 Å². The van der Waals surface area contributed by atoms with Crippen molar-refractivity contribution in [3.8, 4) is 5.75 Å². The summed E-state index contributed by atoms with van der Waals surface area (Å²) in [5, 5.41) is 6.47. The van der Waals surface area contributed by atoms with Gasteiger partial charge >= 0.3 is 0 Å². The molecule has 2 aromatic carbocycles. The van der Waals surface area contributed by atoms with Gasteiger partial charge < -0.3 is 10.1 Å². The number of thiocarbonyl (C=S) groups is 1. The van der Waals surface area contributed by atoms with Crippen molar-refractivity contribution in [3.05, 3.63) is 58.6 Å². The van der Waals surface area contributed by atoms with Gasteiger partial charge in [-0.1, -0.05) is 31.0 Å². The summed E-state index contributed by atoms with van der Waals surface area (Å²) >= 11 is 11.2. The Labute approximate surface area is 158 Å². The van der Waals surface area contributed by atoms with Crippen LogP contribution in [0, 0.1) is 6.92 Å². The minimum atomic E-state index is -0.280. The van der Waals surface area contributed by atoms with Crippen molar-refractivity contribution in [1.82, 2.24) is 5.32 Å². The molecule has 0 atom stereocenters. The molecule has 0 aliphatic rings. The lowest BCUT2D eigenvalue weighted by Crippen LogP contribution is -2.34. The molecule has 4 nitrogen and oxygen atoms in total. The van der Waals surface area contributed by atoms with Crippen LogP contribution in [0.25, 0.3) is 0 Å². The number of anilines is 1. The Kier molecular flexibility index (Phi) is 7.22. The Morgan fingerprint density at radius 2 is 1.92 bits per heavy atom. The predicted molar refractivity (Wildman–Crippen MR) is 107 cm³/mol. The van der Waals surface area contributed by atoms with E-state index in [0.717, 1.165) is 29.8 Å². The number of rotatable bonds is 6. The molecule has 0 aliphatic carbocycles. The first-order valence-electron chi connectivity index (χ1n) is 8.11. The Bertz CT molecular complexity index is 748. The van der Waals surface area contributed by atoms with Crippen LogP contribution in [-0.4, -0.2) is 17.6 Å². The fourth-order valence-corrected chi connectivity index (χ4v) is 2.47. The normalized spacial score (nSPS) is 10.2. The smallest absolute Gasteiger partial charge is 0.257 e. The molecule has 2 rings (SSSR count). The number of carbonyl (C=O) groups excluding carboxylic acids is 1. The monoisotopic (exact) mass is 376 g/mol. The van der Waals surface area contributed by atoms with Gasteiger partial charge in [0.2, 0.25) is 0 Å². The SMILES string of the molecule is CCCCOc1ccc(C(=O)NC(=S)Nc2cc(Cl)ccc2C)cc1. The van der Waals surface area contributed by atoms with Gasteiger partial charge in [0, 0.05) is 16.3 Å². The van der Waals surface area contributed by atoms with Crippen molar-refractivity contribution >= 4 is 40.5 Å². The molecular weight excluding hydrogens is 356 g/mol. The highest BCUT2D eigenvalue weighted by atomic mass is 35.5. The van der Waals surface area contributed by atoms with Crippen LogP contribution >= 0.6 is 23.8 Å². The standard InChI is InChI=1S/C19H21ClN2O2S/c1-3-4-11-24-16-9-6-14(7-10-16)18(23)22-19(25)21-17-12-15(20)8-5-13(17)2/h5-10,12H,3-4,11H2,1-2H3,(H2,21,22,23,25). The molecule has 0 fully saturated rings. The zero-order valence-corrected chi connectivity index (χ0v) is 15.8. The van der Waals surface area contributed by atoms with E-state index in [2.05, 4.69) is 17.6 Å². The molecule has 6 heteroatoms. The number of benzene rings is 2. The van der Waals surface area contributed by atoms with Crippen molar-refractivity contribution in [2.24, 2.45) is 0 Å². The topological polar surface area (TPSA) is 50.4 Å². The second-order valence-electron chi connectivity index (χ2n) is 5.59. The van der Waals surface area contributed by atoms with E-state index < -0.39 is 0 Å². The molecule has 0 radical (unpaired) electrons. The number of nitrogens with one attached hydrogen (secondary N) is 2. The molecule has 0 aliphatic heterocycles. The predicted octanol–water partition coefficient (Wildman–Crippen LogP) is 4.95.